The van der Waals surface area contributed by atoms with Crippen molar-refractivity contribution >= 4 is 56.3 Å². The van der Waals surface area contributed by atoms with Gasteiger partial charge < -0.3 is 0 Å². The lowest BCUT2D eigenvalue weighted by atomic mass is 9.99. The number of hydrogen-bond donors (Lipinski definition) is 0. The number of hydrogen-bond acceptors (Lipinski definition) is 3. The summed E-state index contributed by atoms with van der Waals surface area (Å²) in [4.78, 5) is 33.7. The Hall–Kier alpha value is -3.58. The topological polar surface area (TPSA) is 51.2 Å². The van der Waals surface area contributed by atoms with Crippen LogP contribution in [0.3, 0.4) is 0 Å². The summed E-state index contributed by atoms with van der Waals surface area (Å²) in [5.41, 5.74) is 15.4. The number of benzene rings is 4. The Morgan fingerprint density at radius 3 is 1.27 bits per heavy atom. The van der Waals surface area contributed by atoms with Crippen molar-refractivity contribution in [3.8, 4) is 0 Å². The van der Waals surface area contributed by atoms with Crippen molar-refractivity contribution in [2.45, 2.75) is 76.2 Å². The molecule has 0 spiro atoms. The molecule has 0 N–H and O–H groups in total. The molecule has 0 fully saturated rings. The summed E-state index contributed by atoms with van der Waals surface area (Å²) in [7, 11) is 0. The molecule has 4 aromatic rings. The zero-order chi connectivity index (χ0) is 32.4. The second kappa shape index (κ2) is 19.1. The van der Waals surface area contributed by atoms with E-state index in [0.29, 0.717) is 0 Å². The number of aldehydes is 1. The predicted molar refractivity (Wildman–Crippen MR) is 203 cm³/mol. The maximum Gasteiger partial charge on any atom is 0.186 e. The number of aryl methyl sites for hydroxylation is 8. The van der Waals surface area contributed by atoms with E-state index in [0.717, 1.165) is 39.7 Å². The standard InChI is InChI=1S/C20H22O.2C10H12O.B.HI/c1-13-6-8-19(16(4)10-13)20(21)9-7-18-11-14(2)17(5)15(3)12-18;1-7-4-10(6-11)5-8(2)9(7)3;1-7-4-5-10(9(3)11)8(2)6-7;;/h6-12H,1-5H3;2*4-6H,1-3H3;;1H/b9-7+;;;;. The van der Waals surface area contributed by atoms with Gasteiger partial charge in [0.05, 0.1) is 0 Å². The van der Waals surface area contributed by atoms with E-state index in [4.69, 9.17) is 0 Å². The summed E-state index contributed by atoms with van der Waals surface area (Å²) < 4.78 is 0. The van der Waals surface area contributed by atoms with Crippen LogP contribution in [-0.4, -0.2) is 26.3 Å². The average molecular weight is 714 g/mol. The van der Waals surface area contributed by atoms with E-state index in [1.54, 1.807) is 13.0 Å². The third kappa shape index (κ3) is 12.4. The van der Waals surface area contributed by atoms with Crippen molar-refractivity contribution in [3.63, 3.8) is 0 Å². The van der Waals surface area contributed by atoms with E-state index in [9.17, 15) is 14.4 Å². The first-order valence-electron chi connectivity index (χ1n) is 14.6. The Morgan fingerprint density at radius 2 is 0.911 bits per heavy atom. The van der Waals surface area contributed by atoms with Crippen LogP contribution in [0.25, 0.3) is 6.08 Å². The first-order chi connectivity index (χ1) is 20.1. The smallest absolute Gasteiger partial charge is 0.186 e. The van der Waals surface area contributed by atoms with E-state index in [2.05, 4.69) is 39.8 Å². The molecule has 0 aromatic heterocycles. The molecule has 0 heterocycles. The second-order valence-corrected chi connectivity index (χ2v) is 11.6. The number of rotatable bonds is 5. The van der Waals surface area contributed by atoms with Crippen LogP contribution in [-0.2, 0) is 0 Å². The SMILES string of the molecule is CC(=O)c1ccc(C)cc1C.Cc1cc(C=O)cc(C)c1C.Cc1ccc(C(=O)/C=C/c2cc(C)c(C)c(C)c2)c(C)c1.I.[B]. The van der Waals surface area contributed by atoms with Gasteiger partial charge in [-0.05, 0) is 144 Å². The van der Waals surface area contributed by atoms with E-state index < -0.39 is 0 Å². The summed E-state index contributed by atoms with van der Waals surface area (Å²) in [6.45, 7) is 22.0. The Balaban J connectivity index is 0.000000688. The first-order valence-corrected chi connectivity index (χ1v) is 14.6. The molecule has 0 saturated carbocycles. The van der Waals surface area contributed by atoms with Crippen LogP contribution >= 0.6 is 24.0 Å². The van der Waals surface area contributed by atoms with Crippen LogP contribution in [0.15, 0.2) is 66.7 Å². The lowest BCUT2D eigenvalue weighted by Crippen LogP contribution is -1.98. The average Bonchev–Trinajstić information content (AvgIpc) is 2.93. The van der Waals surface area contributed by atoms with Gasteiger partial charge in [-0.1, -0.05) is 65.7 Å². The molecule has 0 aliphatic heterocycles. The quantitative estimate of drug-likeness (QED) is 0.0680. The molecule has 5 heteroatoms. The molecule has 0 saturated heterocycles. The van der Waals surface area contributed by atoms with Gasteiger partial charge in [-0.2, -0.15) is 0 Å². The maximum atomic E-state index is 12.3. The number of carbonyl (C=O) groups is 3. The van der Waals surface area contributed by atoms with Gasteiger partial charge >= 0.3 is 0 Å². The minimum atomic E-state index is 0. The number of halogens is 1. The fourth-order valence-electron chi connectivity index (χ4n) is 4.86. The van der Waals surface area contributed by atoms with Gasteiger partial charge in [0.2, 0.25) is 0 Å². The fourth-order valence-corrected chi connectivity index (χ4v) is 4.86. The molecule has 3 nitrogen and oxygen atoms in total. The number of carbonyl (C=O) groups excluding carboxylic acids is 3. The van der Waals surface area contributed by atoms with Crippen molar-refractivity contribution in [3.05, 3.63) is 145 Å². The molecule has 235 valence electrons. The molecule has 45 heavy (non-hydrogen) atoms. The highest BCUT2D eigenvalue weighted by Crippen LogP contribution is 2.18. The molecular weight excluding hydrogens is 666 g/mol. The highest BCUT2D eigenvalue weighted by Gasteiger charge is 2.06. The van der Waals surface area contributed by atoms with Crippen molar-refractivity contribution in [1.82, 2.24) is 0 Å². The zero-order valence-corrected chi connectivity index (χ0v) is 31.0. The lowest BCUT2D eigenvalue weighted by Gasteiger charge is -2.06. The van der Waals surface area contributed by atoms with E-state index >= 15 is 0 Å². The number of Topliss-reactive ketones (excluding diaryl/α,β-unsaturated/α-hetero) is 1. The molecule has 0 atom stereocenters. The summed E-state index contributed by atoms with van der Waals surface area (Å²) in [5, 5.41) is 0. The Labute approximate surface area is 290 Å². The van der Waals surface area contributed by atoms with Crippen molar-refractivity contribution in [2.24, 2.45) is 0 Å². The van der Waals surface area contributed by atoms with Crippen LogP contribution in [0.4, 0.5) is 0 Å². The lowest BCUT2D eigenvalue weighted by molar-refractivity contribution is 0.101. The molecule has 4 rings (SSSR count). The van der Waals surface area contributed by atoms with Gasteiger partial charge in [-0.25, -0.2) is 0 Å². The monoisotopic (exact) mass is 713 g/mol. The summed E-state index contributed by atoms with van der Waals surface area (Å²) >= 11 is 0. The third-order valence-electron chi connectivity index (χ3n) is 7.87. The Kier molecular flexibility index (Phi) is 17.5. The Bertz CT molecular complexity index is 1640. The summed E-state index contributed by atoms with van der Waals surface area (Å²) in [6, 6.07) is 19.9. The normalized spacial score (nSPS) is 9.93. The maximum absolute atomic E-state index is 12.3. The highest BCUT2D eigenvalue weighted by atomic mass is 127. The van der Waals surface area contributed by atoms with E-state index in [1.165, 1.54) is 44.5 Å². The largest absolute Gasteiger partial charge is 0.298 e. The molecule has 0 unspecified atom stereocenters. The predicted octanol–water partition coefficient (Wildman–Crippen LogP) is 10.3. The number of ketones is 2. The molecule has 0 aliphatic rings. The fraction of sp³-hybridized carbons (Fsp3) is 0.275. The van der Waals surface area contributed by atoms with Crippen LogP contribution < -0.4 is 0 Å². The van der Waals surface area contributed by atoms with Gasteiger partial charge in [0.1, 0.15) is 6.29 Å². The molecule has 4 aromatic carbocycles. The summed E-state index contributed by atoms with van der Waals surface area (Å²) in [5.74, 6) is 0.200. The minimum absolute atomic E-state index is 0. The van der Waals surface area contributed by atoms with Crippen LogP contribution in [0.2, 0.25) is 0 Å². The molecule has 0 bridgehead atoms. The van der Waals surface area contributed by atoms with Crippen LogP contribution in [0.1, 0.15) is 99.2 Å². The first kappa shape index (κ1) is 41.4. The van der Waals surface area contributed by atoms with Gasteiger partial charge in [0.25, 0.3) is 0 Å². The van der Waals surface area contributed by atoms with E-state index in [-0.39, 0.29) is 44.0 Å². The molecule has 0 amide bonds. The minimum Gasteiger partial charge on any atom is -0.298 e. The van der Waals surface area contributed by atoms with Gasteiger partial charge in [-0.15, -0.1) is 24.0 Å². The molecule has 0 aliphatic carbocycles. The van der Waals surface area contributed by atoms with Gasteiger partial charge in [-0.3, -0.25) is 14.4 Å². The van der Waals surface area contributed by atoms with Crippen LogP contribution in [0.5, 0.6) is 0 Å². The second-order valence-electron chi connectivity index (χ2n) is 11.6. The molecule has 3 radical (unpaired) electrons. The van der Waals surface area contributed by atoms with Crippen molar-refractivity contribution in [2.75, 3.05) is 0 Å². The Morgan fingerprint density at radius 1 is 0.533 bits per heavy atom. The van der Waals surface area contributed by atoms with E-state index in [1.807, 2.05) is 96.1 Å². The van der Waals surface area contributed by atoms with Gasteiger partial charge in [0, 0.05) is 25.1 Å². The van der Waals surface area contributed by atoms with Gasteiger partial charge in [0.15, 0.2) is 11.6 Å². The van der Waals surface area contributed by atoms with Crippen molar-refractivity contribution < 1.29 is 14.4 Å². The molecular formula is C40H47BIO3. The highest BCUT2D eigenvalue weighted by molar-refractivity contribution is 14.0. The van der Waals surface area contributed by atoms with Crippen molar-refractivity contribution in [1.29, 1.82) is 0 Å². The summed E-state index contributed by atoms with van der Waals surface area (Å²) in [6.07, 6.45) is 4.46. The van der Waals surface area contributed by atoms with Crippen LogP contribution in [0, 0.1) is 69.2 Å². The third-order valence-corrected chi connectivity index (χ3v) is 7.87. The number of allylic oxidation sites excluding steroid dienone is 1. The zero-order valence-electron chi connectivity index (χ0n) is 28.7.